The number of fused-ring (bicyclic) bond motifs is 1. The largest absolute Gasteiger partial charge is 0.419 e. The summed E-state index contributed by atoms with van der Waals surface area (Å²) >= 11 is 0. The van der Waals surface area contributed by atoms with Gasteiger partial charge in [0.15, 0.2) is 5.82 Å². The van der Waals surface area contributed by atoms with Gasteiger partial charge < -0.3 is 26.4 Å². The van der Waals surface area contributed by atoms with Crippen LogP contribution in [0.15, 0.2) is 55.0 Å². The number of benzene rings is 2. The molecule has 2 heterocycles. The molecule has 4 aromatic rings. The van der Waals surface area contributed by atoms with Crippen molar-refractivity contribution >= 4 is 34.6 Å². The molecule has 0 radical (unpaired) electrons. The average Bonchev–Trinajstić information content (AvgIpc) is 3.26. The molecule has 0 fully saturated rings. The summed E-state index contributed by atoms with van der Waals surface area (Å²) in [5.41, 5.74) is 6.32. The summed E-state index contributed by atoms with van der Waals surface area (Å²) in [6.07, 6.45) is -2.14. The monoisotopic (exact) mass is 531 g/mol. The third kappa shape index (κ3) is 5.64. The van der Waals surface area contributed by atoms with E-state index in [-0.39, 0.29) is 29.5 Å². The van der Waals surface area contributed by atoms with Gasteiger partial charge in [-0.25, -0.2) is 18.7 Å². The molecule has 10 nitrogen and oxygen atoms in total. The fourth-order valence-electron chi connectivity index (χ4n) is 3.69. The van der Waals surface area contributed by atoms with Crippen LogP contribution in [0.3, 0.4) is 0 Å². The molecule has 0 unspecified atom stereocenters. The highest BCUT2D eigenvalue weighted by Crippen LogP contribution is 2.34. The van der Waals surface area contributed by atoms with Crippen LogP contribution in [0.5, 0.6) is 0 Å². The molecule has 198 valence electrons. The first-order valence-electron chi connectivity index (χ1n) is 11.0. The Bertz CT molecular complexity index is 1490. The fourth-order valence-corrected chi connectivity index (χ4v) is 3.69. The number of nitrogens with two attached hydrogens (primary N) is 1. The lowest BCUT2D eigenvalue weighted by Crippen LogP contribution is -2.27. The zero-order valence-electron chi connectivity index (χ0n) is 19.8. The minimum atomic E-state index is -4.91. The minimum Gasteiger partial charge on any atom is -0.383 e. The van der Waals surface area contributed by atoms with Gasteiger partial charge in [0.2, 0.25) is 0 Å². The van der Waals surface area contributed by atoms with Crippen LogP contribution in [0, 0.1) is 5.82 Å². The molecule has 0 aliphatic heterocycles. The van der Waals surface area contributed by atoms with E-state index >= 15 is 0 Å². The lowest BCUT2D eigenvalue weighted by Gasteiger charge is -2.12. The summed E-state index contributed by atoms with van der Waals surface area (Å²) < 4.78 is 58.7. The Labute approximate surface area is 212 Å². The lowest BCUT2D eigenvalue weighted by molar-refractivity contribution is -0.139. The van der Waals surface area contributed by atoms with Crippen LogP contribution in [-0.2, 0) is 10.9 Å². The second-order valence-corrected chi connectivity index (χ2v) is 7.95. The summed E-state index contributed by atoms with van der Waals surface area (Å²) in [7, 11) is 1.51. The van der Waals surface area contributed by atoms with Crippen molar-refractivity contribution in [1.82, 2.24) is 19.9 Å². The zero-order chi connectivity index (χ0) is 27.4. The first-order chi connectivity index (χ1) is 18.1. The quantitative estimate of drug-likeness (QED) is 0.209. The number of anilines is 3. The van der Waals surface area contributed by atoms with E-state index < -0.39 is 23.6 Å². The van der Waals surface area contributed by atoms with Crippen molar-refractivity contribution in [2.75, 3.05) is 36.6 Å². The van der Waals surface area contributed by atoms with Crippen molar-refractivity contribution in [1.29, 1.82) is 0 Å². The standard InChI is InChI=1S/C24H21F4N7O3/c1-38-9-8-30-22(36)16-11-35-20(21(29)31-12-32-35)19(16)13-2-4-14(5-3-13)33-23(37)34-15-6-7-18(25)17(10-15)24(26,27)28/h2-7,10-12H,8-9H2,1H3,(H,30,36)(H2,29,31,32)(H2,33,34,37). The molecule has 3 amide bonds. The number of amides is 3. The first-order valence-corrected chi connectivity index (χ1v) is 11.0. The van der Waals surface area contributed by atoms with Crippen molar-refractivity contribution in [3.05, 3.63) is 71.9 Å². The maximum absolute atomic E-state index is 13.5. The van der Waals surface area contributed by atoms with Gasteiger partial charge in [-0.05, 0) is 35.9 Å². The molecular weight excluding hydrogens is 510 g/mol. The number of aromatic nitrogens is 3. The van der Waals surface area contributed by atoms with Crippen molar-refractivity contribution in [2.45, 2.75) is 6.18 Å². The van der Waals surface area contributed by atoms with Crippen molar-refractivity contribution in [3.63, 3.8) is 0 Å². The number of nitrogens with zero attached hydrogens (tertiary/aromatic N) is 3. The molecule has 4 rings (SSSR count). The van der Waals surface area contributed by atoms with E-state index in [2.05, 4.69) is 26.0 Å². The lowest BCUT2D eigenvalue weighted by atomic mass is 10.0. The van der Waals surface area contributed by atoms with Gasteiger partial charge in [-0.15, -0.1) is 0 Å². The number of nitrogen functional groups attached to an aromatic ring is 1. The van der Waals surface area contributed by atoms with Crippen molar-refractivity contribution < 1.29 is 31.9 Å². The van der Waals surface area contributed by atoms with Gasteiger partial charge in [-0.3, -0.25) is 4.79 Å². The van der Waals surface area contributed by atoms with E-state index in [0.29, 0.717) is 41.1 Å². The normalized spacial score (nSPS) is 11.4. The highest BCUT2D eigenvalue weighted by atomic mass is 19.4. The Balaban J connectivity index is 1.56. The van der Waals surface area contributed by atoms with E-state index in [9.17, 15) is 27.2 Å². The number of carbonyl (C=O) groups is 2. The summed E-state index contributed by atoms with van der Waals surface area (Å²) in [5.74, 6) is -1.69. The van der Waals surface area contributed by atoms with E-state index in [1.807, 2.05) is 0 Å². The SMILES string of the molecule is COCCNC(=O)c1cn2ncnc(N)c2c1-c1ccc(NC(=O)Nc2ccc(F)c(C(F)(F)F)c2)cc1. The van der Waals surface area contributed by atoms with Gasteiger partial charge in [-0.1, -0.05) is 12.1 Å². The maximum Gasteiger partial charge on any atom is 0.419 e. The number of methoxy groups -OCH3 is 1. The molecule has 2 aromatic carbocycles. The number of halogens is 4. The molecule has 0 aliphatic rings. The molecule has 38 heavy (non-hydrogen) atoms. The summed E-state index contributed by atoms with van der Waals surface area (Å²) in [6, 6.07) is 7.56. The number of carbonyl (C=O) groups excluding carboxylic acids is 2. The van der Waals surface area contributed by atoms with Gasteiger partial charge in [0.25, 0.3) is 5.91 Å². The molecule has 0 spiro atoms. The van der Waals surface area contributed by atoms with Crippen LogP contribution in [0.25, 0.3) is 16.6 Å². The molecule has 14 heteroatoms. The van der Waals surface area contributed by atoms with Crippen LogP contribution in [0.4, 0.5) is 39.5 Å². The van der Waals surface area contributed by atoms with E-state index in [1.165, 1.54) is 36.3 Å². The molecule has 0 atom stereocenters. The van der Waals surface area contributed by atoms with Crippen molar-refractivity contribution in [2.24, 2.45) is 0 Å². The summed E-state index contributed by atoms with van der Waals surface area (Å²) in [5, 5.41) is 11.6. The minimum absolute atomic E-state index is 0.144. The number of nitrogens with one attached hydrogen (secondary N) is 3. The predicted octanol–water partition coefficient (Wildman–Crippen LogP) is 4.16. The van der Waals surface area contributed by atoms with Gasteiger partial charge in [-0.2, -0.15) is 18.3 Å². The Kier molecular flexibility index (Phi) is 7.43. The van der Waals surface area contributed by atoms with E-state index in [1.54, 1.807) is 12.1 Å². The average molecular weight is 531 g/mol. The van der Waals surface area contributed by atoms with Crippen LogP contribution in [0.1, 0.15) is 15.9 Å². The Morgan fingerprint density at radius 3 is 2.45 bits per heavy atom. The number of ether oxygens (including phenoxy) is 1. The molecular formula is C24H21F4N7O3. The molecule has 0 saturated heterocycles. The maximum atomic E-state index is 13.5. The highest BCUT2D eigenvalue weighted by molar-refractivity contribution is 6.07. The van der Waals surface area contributed by atoms with Gasteiger partial charge in [0.1, 0.15) is 17.7 Å². The summed E-state index contributed by atoms with van der Waals surface area (Å²) in [6.45, 7) is 0.590. The highest BCUT2D eigenvalue weighted by Gasteiger charge is 2.34. The third-order valence-electron chi connectivity index (χ3n) is 5.40. The molecule has 2 aromatic heterocycles. The molecule has 0 saturated carbocycles. The Hall–Kier alpha value is -4.72. The number of alkyl halides is 3. The van der Waals surface area contributed by atoms with Gasteiger partial charge in [0, 0.05) is 36.8 Å². The van der Waals surface area contributed by atoms with Crippen molar-refractivity contribution in [3.8, 4) is 11.1 Å². The van der Waals surface area contributed by atoms with Crippen LogP contribution < -0.4 is 21.7 Å². The number of urea groups is 1. The molecule has 0 bridgehead atoms. The zero-order valence-corrected chi connectivity index (χ0v) is 19.8. The van der Waals surface area contributed by atoms with E-state index in [0.717, 1.165) is 6.07 Å². The molecule has 5 N–H and O–H groups in total. The van der Waals surface area contributed by atoms with Crippen LogP contribution in [-0.4, -0.2) is 46.8 Å². The number of hydrogen-bond acceptors (Lipinski definition) is 6. The smallest absolute Gasteiger partial charge is 0.383 e. The second-order valence-electron chi connectivity index (χ2n) is 7.95. The Morgan fingerprint density at radius 1 is 1.08 bits per heavy atom. The van der Waals surface area contributed by atoms with E-state index in [4.69, 9.17) is 10.5 Å². The predicted molar refractivity (Wildman–Crippen MR) is 131 cm³/mol. The van der Waals surface area contributed by atoms with Crippen LogP contribution >= 0.6 is 0 Å². The first kappa shape index (κ1) is 26.3. The molecule has 0 aliphatic carbocycles. The number of hydrogen-bond donors (Lipinski definition) is 4. The fraction of sp³-hybridized carbons (Fsp3) is 0.167. The van der Waals surface area contributed by atoms with Crippen LogP contribution in [0.2, 0.25) is 0 Å². The third-order valence-corrected chi connectivity index (χ3v) is 5.40. The Morgan fingerprint density at radius 2 is 1.76 bits per heavy atom. The van der Waals surface area contributed by atoms with Gasteiger partial charge in [0.05, 0.1) is 17.7 Å². The topological polar surface area (TPSA) is 136 Å². The van der Waals surface area contributed by atoms with Gasteiger partial charge >= 0.3 is 12.2 Å². The second kappa shape index (κ2) is 10.7. The summed E-state index contributed by atoms with van der Waals surface area (Å²) in [4.78, 5) is 29.2. The number of rotatable bonds is 7.